The van der Waals surface area contributed by atoms with Crippen LogP contribution < -0.4 is 14.8 Å². The molecule has 8 nitrogen and oxygen atoms in total. The molecule has 2 aromatic carbocycles. The molecule has 0 amide bonds. The first-order valence-corrected chi connectivity index (χ1v) is 10.3. The number of nitrogens with zero attached hydrogens (tertiary/aromatic N) is 5. The molecule has 1 saturated heterocycles. The van der Waals surface area contributed by atoms with Gasteiger partial charge >= 0.3 is 5.84 Å². The van der Waals surface area contributed by atoms with Gasteiger partial charge in [0.15, 0.2) is 6.20 Å². The average Bonchev–Trinajstić information content (AvgIpc) is 3.44. The Kier molecular flexibility index (Phi) is 5.01. The summed E-state index contributed by atoms with van der Waals surface area (Å²) in [7, 11) is 3.26. The molecule has 3 aliphatic rings. The molecule has 0 bridgehead atoms. The van der Waals surface area contributed by atoms with Crippen LogP contribution in [0.1, 0.15) is 24.4 Å². The molecular weight excluding hydrogens is 392 g/mol. The van der Waals surface area contributed by atoms with Gasteiger partial charge in [0.25, 0.3) is 5.96 Å². The molecule has 158 valence electrons. The lowest BCUT2D eigenvalue weighted by atomic mass is 10.1. The fourth-order valence-electron chi connectivity index (χ4n) is 4.33. The highest BCUT2D eigenvalue weighted by Crippen LogP contribution is 2.40. The van der Waals surface area contributed by atoms with Crippen LogP contribution >= 0.6 is 0 Å². The molecule has 2 aromatic rings. The van der Waals surface area contributed by atoms with Crippen molar-refractivity contribution in [1.82, 2.24) is 5.01 Å². The maximum Gasteiger partial charge on any atom is 0.301 e. The van der Waals surface area contributed by atoms with Gasteiger partial charge in [-0.3, -0.25) is 4.99 Å². The van der Waals surface area contributed by atoms with Gasteiger partial charge in [0.05, 0.1) is 33.0 Å². The van der Waals surface area contributed by atoms with E-state index in [1.54, 1.807) is 26.6 Å². The molecule has 1 fully saturated rings. The van der Waals surface area contributed by atoms with E-state index in [0.717, 1.165) is 30.9 Å². The second-order valence-corrected chi connectivity index (χ2v) is 7.58. The molecule has 0 spiro atoms. The Morgan fingerprint density at radius 3 is 2.58 bits per heavy atom. The van der Waals surface area contributed by atoms with E-state index in [-0.39, 0.29) is 10.7 Å². The van der Waals surface area contributed by atoms with Crippen molar-refractivity contribution in [3.63, 3.8) is 0 Å². The Hall–Kier alpha value is -3.49. The normalized spacial score (nSPS) is 24.5. The Balaban J connectivity index is 1.50. The molecule has 2 unspecified atom stereocenters. The van der Waals surface area contributed by atoms with E-state index in [0.29, 0.717) is 17.5 Å². The molecule has 0 saturated carbocycles. The van der Waals surface area contributed by atoms with E-state index in [1.165, 1.54) is 5.56 Å². The molecule has 8 heteroatoms. The van der Waals surface area contributed by atoms with E-state index >= 15 is 0 Å². The van der Waals surface area contributed by atoms with E-state index in [4.69, 9.17) is 19.6 Å². The third-order valence-electron chi connectivity index (χ3n) is 5.76. The zero-order chi connectivity index (χ0) is 21.3. The number of nitrogens with one attached hydrogen (secondary N) is 1. The fraction of sp³-hybridized carbons (Fsp3) is 0.261. The zero-order valence-corrected chi connectivity index (χ0v) is 17.6. The van der Waals surface area contributed by atoms with Crippen LogP contribution in [0, 0.1) is 0 Å². The van der Waals surface area contributed by atoms with Crippen LogP contribution in [-0.2, 0) is 0 Å². The monoisotopic (exact) mass is 417 g/mol. The second kappa shape index (κ2) is 7.98. The number of rotatable bonds is 5. The average molecular weight is 417 g/mol. The van der Waals surface area contributed by atoms with Crippen LogP contribution in [0.25, 0.3) is 0 Å². The number of hydrogen-bond acceptors (Lipinski definition) is 7. The van der Waals surface area contributed by atoms with Crippen LogP contribution in [-0.4, -0.2) is 48.5 Å². The standard InChI is InChI=1S/C23H25N6O2/c1-30-19-13-18(14-20(15-19)31-2)25-23-26-22-16-24-10-12-29(22,27-23)28-11-6-9-21(28)17-7-4-3-5-8-17/h3-5,7-8,10,12-16,21H,6,9,11H2,1-2H3,(H,25,27)/q+1. The topological polar surface area (TPSA) is 70.8 Å². The number of benzene rings is 2. The van der Waals surface area contributed by atoms with Gasteiger partial charge in [0, 0.05) is 23.9 Å². The zero-order valence-electron chi connectivity index (χ0n) is 17.6. The summed E-state index contributed by atoms with van der Waals surface area (Å²) >= 11 is 0. The van der Waals surface area contributed by atoms with Crippen LogP contribution in [0.4, 0.5) is 5.69 Å². The number of guanidine groups is 1. The van der Waals surface area contributed by atoms with Gasteiger partial charge in [0.2, 0.25) is 0 Å². The Bertz CT molecular complexity index is 1070. The van der Waals surface area contributed by atoms with Crippen molar-refractivity contribution in [3.8, 4) is 11.5 Å². The largest absolute Gasteiger partial charge is 0.497 e. The Morgan fingerprint density at radius 1 is 1.06 bits per heavy atom. The maximum atomic E-state index is 5.38. The maximum absolute atomic E-state index is 5.38. The summed E-state index contributed by atoms with van der Waals surface area (Å²) in [6.45, 7) is 0.917. The van der Waals surface area contributed by atoms with Crippen molar-refractivity contribution < 1.29 is 14.2 Å². The highest BCUT2D eigenvalue weighted by Gasteiger charge is 2.51. The van der Waals surface area contributed by atoms with E-state index in [2.05, 4.69) is 39.6 Å². The van der Waals surface area contributed by atoms with Crippen LogP contribution in [0.2, 0.25) is 0 Å². The first-order valence-electron chi connectivity index (χ1n) is 10.3. The third kappa shape index (κ3) is 3.49. The van der Waals surface area contributed by atoms with Crippen molar-refractivity contribution in [2.45, 2.75) is 18.9 Å². The van der Waals surface area contributed by atoms with Crippen LogP contribution in [0.3, 0.4) is 0 Å². The quantitative estimate of drug-likeness (QED) is 0.749. The first-order chi connectivity index (χ1) is 15.2. The number of methoxy groups -OCH3 is 2. The van der Waals surface area contributed by atoms with Crippen molar-refractivity contribution in [2.24, 2.45) is 15.1 Å². The summed E-state index contributed by atoms with van der Waals surface area (Å²) in [5.74, 6) is 2.67. The van der Waals surface area contributed by atoms with Gasteiger partial charge in [-0.1, -0.05) is 30.3 Å². The molecule has 0 aromatic heterocycles. The third-order valence-corrected chi connectivity index (χ3v) is 5.76. The molecule has 3 aliphatic heterocycles. The van der Waals surface area contributed by atoms with Gasteiger partial charge in [-0.05, 0) is 28.2 Å². The van der Waals surface area contributed by atoms with E-state index in [9.17, 15) is 0 Å². The summed E-state index contributed by atoms with van der Waals surface area (Å²) in [5, 5.41) is 10.7. The minimum atomic E-state index is 0.187. The van der Waals surface area contributed by atoms with Crippen molar-refractivity contribution in [2.75, 3.05) is 26.1 Å². The number of ether oxygens (including phenoxy) is 2. The smallest absolute Gasteiger partial charge is 0.301 e. The number of fused-ring (bicyclic) bond motifs is 1. The number of amidine groups is 1. The van der Waals surface area contributed by atoms with Gasteiger partial charge in [-0.15, -0.1) is 10.0 Å². The molecule has 0 aliphatic carbocycles. The number of anilines is 1. The number of hydrogen-bond donors (Lipinski definition) is 1. The molecule has 5 rings (SSSR count). The van der Waals surface area contributed by atoms with Crippen molar-refractivity contribution in [3.05, 3.63) is 66.5 Å². The molecule has 1 N–H and O–H groups in total. The lowest BCUT2D eigenvalue weighted by molar-refractivity contribution is -0.921. The highest BCUT2D eigenvalue weighted by atomic mass is 16.5. The summed E-state index contributed by atoms with van der Waals surface area (Å²) in [5.41, 5.74) is 2.08. The second-order valence-electron chi connectivity index (χ2n) is 7.58. The SMILES string of the molecule is COc1cc(NC2=N[N+]3(N4CCCC4c4ccccc4)C=CN=CC3=N2)cc(OC)c1. The predicted molar refractivity (Wildman–Crippen MR) is 121 cm³/mol. The van der Waals surface area contributed by atoms with E-state index < -0.39 is 0 Å². The summed E-state index contributed by atoms with van der Waals surface area (Å²) in [4.78, 5) is 9.08. The molecule has 0 radical (unpaired) electrons. The number of quaternary nitrogens is 1. The van der Waals surface area contributed by atoms with Crippen LogP contribution in [0.15, 0.2) is 76.0 Å². The molecular formula is C23H25N6O2+. The lowest BCUT2D eigenvalue weighted by Gasteiger charge is -2.35. The summed E-state index contributed by atoms with van der Waals surface area (Å²) in [6, 6.07) is 16.4. The molecule has 2 atom stereocenters. The molecule has 31 heavy (non-hydrogen) atoms. The van der Waals surface area contributed by atoms with E-state index in [1.807, 2.05) is 30.5 Å². The highest BCUT2D eigenvalue weighted by molar-refractivity contribution is 6.30. The predicted octanol–water partition coefficient (Wildman–Crippen LogP) is 3.92. The summed E-state index contributed by atoms with van der Waals surface area (Å²) < 4.78 is 10.9. The van der Waals surface area contributed by atoms with Crippen LogP contribution in [0.5, 0.6) is 11.5 Å². The van der Waals surface area contributed by atoms with Crippen molar-refractivity contribution in [1.29, 1.82) is 0 Å². The van der Waals surface area contributed by atoms with Gasteiger partial charge in [-0.2, -0.15) is 0 Å². The Labute approximate surface area is 181 Å². The minimum Gasteiger partial charge on any atom is -0.497 e. The first kappa shape index (κ1) is 19.5. The van der Waals surface area contributed by atoms with Crippen molar-refractivity contribution >= 4 is 23.7 Å². The van der Waals surface area contributed by atoms with Gasteiger partial charge in [-0.25, -0.2) is 0 Å². The minimum absolute atomic E-state index is 0.187. The molecule has 3 heterocycles. The van der Waals surface area contributed by atoms with Gasteiger partial charge < -0.3 is 14.8 Å². The number of aliphatic imine (C=N–C) groups is 2. The van der Waals surface area contributed by atoms with Gasteiger partial charge in [0.1, 0.15) is 17.7 Å². The lowest BCUT2D eigenvalue weighted by Crippen LogP contribution is -2.56. The Morgan fingerprint density at radius 2 is 1.84 bits per heavy atom. The fourth-order valence-corrected chi connectivity index (χ4v) is 4.33. The summed E-state index contributed by atoms with van der Waals surface area (Å²) in [6.07, 6.45) is 7.74.